The van der Waals surface area contributed by atoms with Gasteiger partial charge in [0.25, 0.3) is 7.82 Å². The number of carbonyl (C=O) groups is 2. The maximum atomic E-state index is 13.6. The summed E-state index contributed by atoms with van der Waals surface area (Å²) in [5.41, 5.74) is 0. The fourth-order valence-electron chi connectivity index (χ4n) is 9.00. The molecule has 3 atom stereocenters. The minimum atomic E-state index is -4.72. The van der Waals surface area contributed by atoms with Gasteiger partial charge in [-0.2, -0.15) is 0 Å². The summed E-state index contributed by atoms with van der Waals surface area (Å²) in [4.78, 5) is 40.1. The van der Waals surface area contributed by atoms with Gasteiger partial charge in [0.05, 0.1) is 33.8 Å². The maximum absolute atomic E-state index is 13.6. The molecule has 0 fully saturated rings. The minimum absolute atomic E-state index is 0.0363. The van der Waals surface area contributed by atoms with Crippen LogP contribution in [0.2, 0.25) is 0 Å². The van der Waals surface area contributed by atoms with Crippen LogP contribution in [0.3, 0.4) is 0 Å². The normalized spacial score (nSPS) is 14.4. The number of esters is 1. The molecule has 0 saturated carbocycles. The third kappa shape index (κ3) is 61.0. The summed E-state index contributed by atoms with van der Waals surface area (Å²) in [6, 6.07) is -0.917. The van der Waals surface area contributed by atoms with Crippen LogP contribution in [-0.4, -0.2) is 69.4 Å². The molecule has 9 nitrogen and oxygen atoms in total. The molecule has 0 aromatic rings. The highest BCUT2D eigenvalue weighted by Gasteiger charge is 2.27. The fraction of sp³-hybridized carbons (Fsp3) is 0.694. The maximum Gasteiger partial charge on any atom is 0.306 e. The highest BCUT2D eigenvalue weighted by molar-refractivity contribution is 7.45. The van der Waals surface area contributed by atoms with E-state index in [1.54, 1.807) is 0 Å². The van der Waals surface area contributed by atoms with E-state index in [0.29, 0.717) is 23.9 Å². The minimum Gasteiger partial charge on any atom is -0.756 e. The Morgan fingerprint density at radius 3 is 1.21 bits per heavy atom. The average Bonchev–Trinajstić information content (AvgIpc) is 3.47. The number of ether oxygens (including phenoxy) is 1. The molecule has 0 aliphatic rings. The molecular formula is C72H125N2O7P. The van der Waals surface area contributed by atoms with Crippen LogP contribution in [0.1, 0.15) is 271 Å². The molecule has 0 aliphatic carbocycles. The number of likely N-dealkylation sites (N-methyl/N-ethyl adjacent to an activating group) is 1. The summed E-state index contributed by atoms with van der Waals surface area (Å²) >= 11 is 0. The molecule has 1 amide bonds. The second-order valence-electron chi connectivity index (χ2n) is 23.2. The number of phosphoric ester groups is 1. The van der Waals surface area contributed by atoms with Crippen LogP contribution in [0.4, 0.5) is 0 Å². The number of rotatable bonds is 59. The van der Waals surface area contributed by atoms with Gasteiger partial charge in [-0.15, -0.1) is 0 Å². The number of phosphoric acid groups is 1. The van der Waals surface area contributed by atoms with Crippen molar-refractivity contribution in [1.82, 2.24) is 5.32 Å². The Bertz CT molecular complexity index is 1820. The molecule has 10 heteroatoms. The Morgan fingerprint density at radius 1 is 0.439 bits per heavy atom. The molecule has 0 aromatic carbocycles. The summed E-state index contributed by atoms with van der Waals surface area (Å²) in [6.45, 7) is 6.66. The first kappa shape index (κ1) is 78.4. The molecule has 0 rings (SSSR count). The third-order valence-corrected chi connectivity index (χ3v) is 15.1. The van der Waals surface area contributed by atoms with E-state index in [1.165, 1.54) is 109 Å². The summed E-state index contributed by atoms with van der Waals surface area (Å²) in [5, 5.41) is 3.01. The molecule has 1 N–H and O–H groups in total. The monoisotopic (exact) mass is 1160 g/mol. The molecule has 470 valence electrons. The van der Waals surface area contributed by atoms with Crippen LogP contribution in [0.5, 0.6) is 0 Å². The molecule has 0 aromatic heterocycles. The standard InChI is InChI=1S/C72H125N2O7P/c1-7-10-13-16-19-22-25-28-30-32-34-35-36-37-38-39-41-43-45-47-50-53-56-59-62-65-72(76)81-70(63-60-57-54-51-48-27-24-21-18-15-12-9-3)69(68-80-82(77,78)79-67-66-74(4,5)6)73-71(75)64-61-58-55-52-49-46-44-42-40-33-31-29-26-23-20-17-14-11-8-2/h11,14,19-20,22-23,28-31,34-35,37-38,40,42,46,49,60,63,69-70H,7-10,12-13,15-18,21,24-27,32-33,36,39,41,43-45,47-48,50-59,61-62,64-68H2,1-6H3,(H-,73,75,77,78)/b14-11-,22-19-,23-20-,30-28-,31-29-,35-34-,38-37-,42-40-,49-46-,63-60-. The summed E-state index contributed by atoms with van der Waals surface area (Å²) in [6.07, 6.45) is 84.6. The predicted octanol–water partition coefficient (Wildman–Crippen LogP) is 20.4. The van der Waals surface area contributed by atoms with Crippen molar-refractivity contribution in [1.29, 1.82) is 0 Å². The smallest absolute Gasteiger partial charge is 0.306 e. The zero-order valence-electron chi connectivity index (χ0n) is 53.7. The van der Waals surface area contributed by atoms with Gasteiger partial charge in [0.15, 0.2) is 0 Å². The Kier molecular flexibility index (Phi) is 57.9. The number of hydrogen-bond donors (Lipinski definition) is 1. The van der Waals surface area contributed by atoms with Gasteiger partial charge in [-0.05, 0) is 122 Å². The van der Waals surface area contributed by atoms with Crippen LogP contribution in [0.15, 0.2) is 122 Å². The Labute approximate surface area is 505 Å². The third-order valence-electron chi connectivity index (χ3n) is 14.1. The van der Waals surface area contributed by atoms with Gasteiger partial charge in [0.2, 0.25) is 5.91 Å². The number of nitrogens with one attached hydrogen (secondary N) is 1. The second-order valence-corrected chi connectivity index (χ2v) is 24.6. The van der Waals surface area contributed by atoms with E-state index < -0.39 is 26.6 Å². The van der Waals surface area contributed by atoms with Gasteiger partial charge in [0.1, 0.15) is 19.3 Å². The summed E-state index contributed by atoms with van der Waals surface area (Å²) in [7, 11) is 1.14. The Hall–Kier alpha value is -3.59. The Morgan fingerprint density at radius 2 is 0.780 bits per heavy atom. The largest absolute Gasteiger partial charge is 0.756 e. The van der Waals surface area contributed by atoms with Crippen molar-refractivity contribution in [2.75, 3.05) is 40.9 Å². The number of allylic oxidation sites excluding steroid dienone is 19. The first-order chi connectivity index (χ1) is 39.9. The SMILES string of the molecule is CC/C=C\C/C=C\C/C=C\C/C=C\C/C=C\CCCCCC(=O)NC(COP(=O)([O-])OCC[N+](C)(C)C)C(/C=C\CCCCCCCCCCCC)OC(=O)CCCCCCCCCCC/C=C\C/C=C\C/C=C\C/C=C\CCCCC. The lowest BCUT2D eigenvalue weighted by atomic mass is 10.0. The molecule has 0 spiro atoms. The first-order valence-corrected chi connectivity index (χ1v) is 34.8. The van der Waals surface area contributed by atoms with Crippen LogP contribution < -0.4 is 10.2 Å². The molecule has 0 radical (unpaired) electrons. The lowest BCUT2D eigenvalue weighted by Crippen LogP contribution is -2.47. The van der Waals surface area contributed by atoms with Gasteiger partial charge >= 0.3 is 5.97 Å². The van der Waals surface area contributed by atoms with Crippen molar-refractivity contribution in [3.8, 4) is 0 Å². The summed E-state index contributed by atoms with van der Waals surface area (Å²) in [5.74, 6) is -0.590. The van der Waals surface area contributed by atoms with Crippen molar-refractivity contribution in [2.24, 2.45) is 0 Å². The number of carbonyl (C=O) groups excluding carboxylic acids is 2. The van der Waals surface area contributed by atoms with Crippen molar-refractivity contribution in [3.63, 3.8) is 0 Å². The van der Waals surface area contributed by atoms with Crippen molar-refractivity contribution >= 4 is 19.7 Å². The Balaban J connectivity index is 5.22. The van der Waals surface area contributed by atoms with Gasteiger partial charge < -0.3 is 28.5 Å². The molecule has 0 heterocycles. The highest BCUT2D eigenvalue weighted by atomic mass is 31.2. The quantitative estimate of drug-likeness (QED) is 0.0212. The van der Waals surface area contributed by atoms with E-state index in [0.717, 1.165) is 116 Å². The lowest BCUT2D eigenvalue weighted by molar-refractivity contribution is -0.870. The number of quaternary nitrogens is 1. The molecule has 82 heavy (non-hydrogen) atoms. The van der Waals surface area contributed by atoms with Crippen molar-refractivity contribution < 1.29 is 37.3 Å². The van der Waals surface area contributed by atoms with Gasteiger partial charge in [0, 0.05) is 12.8 Å². The van der Waals surface area contributed by atoms with Crippen molar-refractivity contribution in [3.05, 3.63) is 122 Å². The van der Waals surface area contributed by atoms with Crippen LogP contribution >= 0.6 is 7.82 Å². The number of hydrogen-bond acceptors (Lipinski definition) is 7. The zero-order chi connectivity index (χ0) is 60.0. The number of amides is 1. The second kappa shape index (κ2) is 60.5. The van der Waals surface area contributed by atoms with E-state index >= 15 is 0 Å². The number of nitrogens with zero attached hydrogens (tertiary/aromatic N) is 1. The number of unbranched alkanes of at least 4 members (excludes halogenated alkanes) is 25. The van der Waals surface area contributed by atoms with Crippen LogP contribution in [0.25, 0.3) is 0 Å². The van der Waals surface area contributed by atoms with Crippen molar-refractivity contribution in [2.45, 2.75) is 283 Å². The lowest BCUT2D eigenvalue weighted by Gasteiger charge is -2.30. The van der Waals surface area contributed by atoms with Crippen LogP contribution in [0, 0.1) is 0 Å². The highest BCUT2D eigenvalue weighted by Crippen LogP contribution is 2.38. The van der Waals surface area contributed by atoms with E-state index in [-0.39, 0.29) is 31.3 Å². The van der Waals surface area contributed by atoms with E-state index in [9.17, 15) is 19.0 Å². The fourth-order valence-corrected chi connectivity index (χ4v) is 9.73. The zero-order valence-corrected chi connectivity index (χ0v) is 54.5. The van der Waals surface area contributed by atoms with E-state index in [1.807, 2.05) is 33.3 Å². The first-order valence-electron chi connectivity index (χ1n) is 33.3. The molecular weight excluding hydrogens is 1040 g/mol. The average molecular weight is 1160 g/mol. The van der Waals surface area contributed by atoms with Gasteiger partial charge in [-0.25, -0.2) is 0 Å². The molecule has 0 aliphatic heterocycles. The molecule has 0 saturated heterocycles. The van der Waals surface area contributed by atoms with E-state index in [2.05, 4.69) is 135 Å². The molecule has 0 bridgehead atoms. The van der Waals surface area contributed by atoms with Gasteiger partial charge in [-0.3, -0.25) is 14.2 Å². The van der Waals surface area contributed by atoms with E-state index in [4.69, 9.17) is 13.8 Å². The van der Waals surface area contributed by atoms with Crippen LogP contribution in [-0.2, 0) is 27.9 Å². The molecule has 3 unspecified atom stereocenters. The topological polar surface area (TPSA) is 114 Å². The summed E-state index contributed by atoms with van der Waals surface area (Å²) < 4.78 is 30.4. The van der Waals surface area contributed by atoms with Gasteiger partial charge in [-0.1, -0.05) is 258 Å². The predicted molar refractivity (Wildman–Crippen MR) is 353 cm³/mol.